The minimum atomic E-state index is -0.428. The number of hydrogen-bond donors (Lipinski definition) is 1. The van der Waals surface area contributed by atoms with E-state index >= 15 is 0 Å². The summed E-state index contributed by atoms with van der Waals surface area (Å²) in [6, 6.07) is 10.4. The van der Waals surface area contributed by atoms with E-state index in [1.54, 1.807) is 11.3 Å². The predicted molar refractivity (Wildman–Crippen MR) is 85.7 cm³/mol. The maximum Gasteiger partial charge on any atom is 0.0838 e. The van der Waals surface area contributed by atoms with Crippen LogP contribution in [0.5, 0.6) is 0 Å². The van der Waals surface area contributed by atoms with E-state index in [9.17, 15) is 5.11 Å². The number of benzene rings is 1. The molecule has 2 aromatic rings. The standard InChI is InChI=1S/C16H19BrOS/c1-11(2)9-12-3-5-13(6-4-12)15(18)10-16-14(17)7-8-19-16/h3-8,11,15,18H,9-10H2,1-2H3. The van der Waals surface area contributed by atoms with Gasteiger partial charge in [0.2, 0.25) is 0 Å². The zero-order valence-electron chi connectivity index (χ0n) is 11.3. The lowest BCUT2D eigenvalue weighted by Crippen LogP contribution is -2.01. The van der Waals surface area contributed by atoms with Crippen LogP contribution in [0.1, 0.15) is 36.0 Å². The summed E-state index contributed by atoms with van der Waals surface area (Å²) < 4.78 is 1.09. The molecule has 0 aliphatic rings. The normalized spacial score (nSPS) is 12.9. The van der Waals surface area contributed by atoms with Gasteiger partial charge in [0.05, 0.1) is 6.10 Å². The molecular formula is C16H19BrOS. The molecule has 1 unspecified atom stereocenters. The van der Waals surface area contributed by atoms with Gasteiger partial charge in [-0.25, -0.2) is 0 Å². The third kappa shape index (κ3) is 4.16. The predicted octanol–water partition coefficient (Wildman–Crippen LogP) is 4.99. The lowest BCUT2D eigenvalue weighted by molar-refractivity contribution is 0.179. The Morgan fingerprint density at radius 3 is 2.32 bits per heavy atom. The van der Waals surface area contributed by atoms with Gasteiger partial charge in [0.25, 0.3) is 0 Å². The van der Waals surface area contributed by atoms with E-state index in [0.717, 1.165) is 16.5 Å². The summed E-state index contributed by atoms with van der Waals surface area (Å²) in [5, 5.41) is 12.3. The molecule has 0 radical (unpaired) electrons. The molecule has 1 atom stereocenters. The molecule has 1 nitrogen and oxygen atoms in total. The Morgan fingerprint density at radius 2 is 1.79 bits per heavy atom. The molecule has 1 heterocycles. The van der Waals surface area contributed by atoms with Crippen LogP contribution in [0, 0.1) is 5.92 Å². The molecule has 0 saturated carbocycles. The van der Waals surface area contributed by atoms with Gasteiger partial charge in [0, 0.05) is 15.8 Å². The summed E-state index contributed by atoms with van der Waals surface area (Å²) >= 11 is 5.18. The first-order valence-electron chi connectivity index (χ1n) is 6.55. The van der Waals surface area contributed by atoms with Gasteiger partial charge in [0.15, 0.2) is 0 Å². The Hall–Kier alpha value is -0.640. The molecule has 2 rings (SSSR count). The summed E-state index contributed by atoms with van der Waals surface area (Å²) in [5.74, 6) is 0.665. The molecule has 19 heavy (non-hydrogen) atoms. The Balaban J connectivity index is 2.03. The molecular weight excluding hydrogens is 320 g/mol. The zero-order chi connectivity index (χ0) is 13.8. The summed E-state index contributed by atoms with van der Waals surface area (Å²) in [5.41, 5.74) is 2.33. The molecule has 3 heteroatoms. The average molecular weight is 339 g/mol. The molecule has 0 aliphatic carbocycles. The minimum absolute atomic E-state index is 0.428. The highest BCUT2D eigenvalue weighted by Crippen LogP contribution is 2.28. The molecule has 102 valence electrons. The molecule has 0 fully saturated rings. The van der Waals surface area contributed by atoms with E-state index < -0.39 is 6.10 Å². The van der Waals surface area contributed by atoms with Gasteiger partial charge in [-0.3, -0.25) is 0 Å². The van der Waals surface area contributed by atoms with Gasteiger partial charge in [0.1, 0.15) is 0 Å². The lowest BCUT2D eigenvalue weighted by Gasteiger charge is -2.12. The maximum absolute atomic E-state index is 10.3. The van der Waals surface area contributed by atoms with Crippen molar-refractivity contribution in [2.75, 3.05) is 0 Å². The monoisotopic (exact) mass is 338 g/mol. The van der Waals surface area contributed by atoms with Crippen LogP contribution >= 0.6 is 27.3 Å². The summed E-state index contributed by atoms with van der Waals surface area (Å²) in [7, 11) is 0. The van der Waals surface area contributed by atoms with Crippen LogP contribution in [0.3, 0.4) is 0 Å². The molecule has 1 N–H and O–H groups in total. The third-order valence-corrected chi connectivity index (χ3v) is 5.03. The van der Waals surface area contributed by atoms with Crippen molar-refractivity contribution < 1.29 is 5.11 Å². The van der Waals surface area contributed by atoms with E-state index in [1.807, 2.05) is 23.6 Å². The van der Waals surface area contributed by atoms with Gasteiger partial charge in [-0.1, -0.05) is 38.1 Å². The van der Waals surface area contributed by atoms with Crippen LogP contribution in [0.25, 0.3) is 0 Å². The molecule has 0 spiro atoms. The highest BCUT2D eigenvalue weighted by molar-refractivity contribution is 9.10. The van der Waals surface area contributed by atoms with E-state index in [1.165, 1.54) is 10.4 Å². The van der Waals surface area contributed by atoms with Crippen molar-refractivity contribution in [3.63, 3.8) is 0 Å². The zero-order valence-corrected chi connectivity index (χ0v) is 13.7. The van der Waals surface area contributed by atoms with Gasteiger partial charge >= 0.3 is 0 Å². The Labute approximate surface area is 127 Å². The summed E-state index contributed by atoms with van der Waals surface area (Å²) in [4.78, 5) is 1.19. The molecule has 0 saturated heterocycles. The van der Waals surface area contributed by atoms with Gasteiger partial charge in [-0.05, 0) is 50.8 Å². The number of aliphatic hydroxyl groups is 1. The highest BCUT2D eigenvalue weighted by Gasteiger charge is 2.11. The van der Waals surface area contributed by atoms with Gasteiger partial charge in [-0.15, -0.1) is 11.3 Å². The highest BCUT2D eigenvalue weighted by atomic mass is 79.9. The second kappa shape index (κ2) is 6.69. The molecule has 1 aromatic heterocycles. The fourth-order valence-corrected chi connectivity index (χ4v) is 3.66. The van der Waals surface area contributed by atoms with E-state index in [2.05, 4.69) is 41.9 Å². The Kier molecular flexibility index (Phi) is 5.20. The van der Waals surface area contributed by atoms with Gasteiger partial charge < -0.3 is 5.11 Å². The fourth-order valence-electron chi connectivity index (χ4n) is 2.11. The molecule has 0 amide bonds. The maximum atomic E-state index is 10.3. The fraction of sp³-hybridized carbons (Fsp3) is 0.375. The van der Waals surface area contributed by atoms with Gasteiger partial charge in [-0.2, -0.15) is 0 Å². The van der Waals surface area contributed by atoms with Crippen molar-refractivity contribution in [1.82, 2.24) is 0 Å². The average Bonchev–Trinajstić information content (AvgIpc) is 2.75. The number of rotatable bonds is 5. The van der Waals surface area contributed by atoms with Crippen molar-refractivity contribution in [1.29, 1.82) is 0 Å². The van der Waals surface area contributed by atoms with Crippen LogP contribution < -0.4 is 0 Å². The van der Waals surface area contributed by atoms with Crippen LogP contribution in [0.15, 0.2) is 40.2 Å². The van der Waals surface area contributed by atoms with Crippen molar-refractivity contribution in [3.05, 3.63) is 56.2 Å². The van der Waals surface area contributed by atoms with E-state index in [-0.39, 0.29) is 0 Å². The Morgan fingerprint density at radius 1 is 1.11 bits per heavy atom. The van der Waals surface area contributed by atoms with E-state index in [0.29, 0.717) is 12.3 Å². The second-order valence-corrected chi connectivity index (χ2v) is 7.11. The molecule has 0 bridgehead atoms. The number of aliphatic hydroxyl groups excluding tert-OH is 1. The minimum Gasteiger partial charge on any atom is -0.388 e. The SMILES string of the molecule is CC(C)Cc1ccc(C(O)Cc2sccc2Br)cc1. The third-order valence-electron chi connectivity index (χ3n) is 3.08. The van der Waals surface area contributed by atoms with Crippen LogP contribution in [-0.2, 0) is 12.8 Å². The number of hydrogen-bond acceptors (Lipinski definition) is 2. The topological polar surface area (TPSA) is 20.2 Å². The van der Waals surface area contributed by atoms with Crippen LogP contribution in [-0.4, -0.2) is 5.11 Å². The van der Waals surface area contributed by atoms with Crippen molar-refractivity contribution in [2.45, 2.75) is 32.8 Å². The smallest absolute Gasteiger partial charge is 0.0838 e. The largest absolute Gasteiger partial charge is 0.388 e. The van der Waals surface area contributed by atoms with Crippen LogP contribution in [0.4, 0.5) is 0 Å². The van der Waals surface area contributed by atoms with Crippen molar-refractivity contribution >= 4 is 27.3 Å². The quantitative estimate of drug-likeness (QED) is 0.814. The van der Waals surface area contributed by atoms with Crippen molar-refractivity contribution in [2.24, 2.45) is 5.92 Å². The first-order chi connectivity index (χ1) is 9.06. The van der Waals surface area contributed by atoms with Crippen molar-refractivity contribution in [3.8, 4) is 0 Å². The second-order valence-electron chi connectivity index (χ2n) is 5.25. The number of halogens is 1. The first-order valence-corrected chi connectivity index (χ1v) is 8.22. The van der Waals surface area contributed by atoms with Crippen LogP contribution in [0.2, 0.25) is 0 Å². The summed E-state index contributed by atoms with van der Waals surface area (Å²) in [6.07, 6.45) is 1.33. The molecule has 1 aromatic carbocycles. The Bertz CT molecular complexity index is 516. The molecule has 0 aliphatic heterocycles. The number of thiophene rings is 1. The summed E-state index contributed by atoms with van der Waals surface area (Å²) in [6.45, 7) is 4.44. The lowest BCUT2D eigenvalue weighted by atomic mass is 9.99. The first kappa shape index (κ1) is 14.8. The van der Waals surface area contributed by atoms with E-state index in [4.69, 9.17) is 0 Å².